The van der Waals surface area contributed by atoms with Gasteiger partial charge in [0.25, 0.3) is 0 Å². The monoisotopic (exact) mass is 276 g/mol. The first kappa shape index (κ1) is 12.4. The van der Waals surface area contributed by atoms with Crippen LogP contribution in [0.5, 0.6) is 0 Å². The van der Waals surface area contributed by atoms with Crippen molar-refractivity contribution in [3.63, 3.8) is 0 Å². The summed E-state index contributed by atoms with van der Waals surface area (Å²) in [5.74, 6) is 7.02. The minimum Gasteiger partial charge on any atom is -0.308 e. The van der Waals surface area contributed by atoms with Crippen LogP contribution in [0.25, 0.3) is 0 Å². The van der Waals surface area contributed by atoms with Gasteiger partial charge < -0.3 is 5.43 Å². The second kappa shape index (κ2) is 5.14. The summed E-state index contributed by atoms with van der Waals surface area (Å²) in [6.45, 7) is 0. The number of rotatable bonds is 4. The quantitative estimate of drug-likeness (QED) is 0.510. The van der Waals surface area contributed by atoms with E-state index < -0.39 is 0 Å². The summed E-state index contributed by atoms with van der Waals surface area (Å²) in [5, 5.41) is 0.774. The molecule has 4 nitrogen and oxygen atoms in total. The van der Waals surface area contributed by atoms with E-state index in [1.807, 2.05) is 6.07 Å². The molecule has 0 aliphatic heterocycles. The molecule has 1 fully saturated rings. The first-order valence-electron chi connectivity index (χ1n) is 6.03. The van der Waals surface area contributed by atoms with Crippen molar-refractivity contribution in [1.82, 2.24) is 9.97 Å². The van der Waals surface area contributed by atoms with Crippen LogP contribution in [0.4, 0.5) is 10.2 Å². The van der Waals surface area contributed by atoms with Crippen molar-refractivity contribution in [3.05, 3.63) is 42.0 Å². The Morgan fingerprint density at radius 2 is 2.11 bits per heavy atom. The van der Waals surface area contributed by atoms with Crippen molar-refractivity contribution in [1.29, 1.82) is 0 Å². The number of aromatic nitrogens is 2. The number of halogens is 1. The molecule has 98 valence electrons. The Balaban J connectivity index is 1.89. The molecule has 0 atom stereocenters. The second-order valence-electron chi connectivity index (χ2n) is 4.43. The first-order valence-corrected chi connectivity index (χ1v) is 6.85. The van der Waals surface area contributed by atoms with Crippen molar-refractivity contribution in [3.8, 4) is 0 Å². The van der Waals surface area contributed by atoms with Crippen molar-refractivity contribution >= 4 is 17.6 Å². The van der Waals surface area contributed by atoms with Gasteiger partial charge in [-0.25, -0.2) is 20.2 Å². The van der Waals surface area contributed by atoms with Gasteiger partial charge in [-0.05, 0) is 31.0 Å². The summed E-state index contributed by atoms with van der Waals surface area (Å²) >= 11 is 1.40. The van der Waals surface area contributed by atoms with Gasteiger partial charge in [-0.3, -0.25) is 0 Å². The van der Waals surface area contributed by atoms with Crippen molar-refractivity contribution in [2.75, 3.05) is 5.43 Å². The summed E-state index contributed by atoms with van der Waals surface area (Å²) in [6.07, 6.45) is 2.25. The van der Waals surface area contributed by atoms with Crippen LogP contribution in [0, 0.1) is 5.82 Å². The molecule has 1 aliphatic carbocycles. The number of hydrazine groups is 1. The van der Waals surface area contributed by atoms with E-state index in [9.17, 15) is 4.39 Å². The van der Waals surface area contributed by atoms with Crippen LogP contribution in [0.15, 0.2) is 40.3 Å². The highest BCUT2D eigenvalue weighted by Gasteiger charge is 2.27. The average molecular weight is 276 g/mol. The fourth-order valence-corrected chi connectivity index (χ4v) is 2.61. The number of nitrogens with one attached hydrogen (secondary N) is 1. The van der Waals surface area contributed by atoms with Gasteiger partial charge >= 0.3 is 0 Å². The number of nitrogens with zero attached hydrogens (tertiary/aromatic N) is 2. The molecule has 0 unspecified atom stereocenters. The molecule has 3 N–H and O–H groups in total. The van der Waals surface area contributed by atoms with Crippen LogP contribution in [0.3, 0.4) is 0 Å². The summed E-state index contributed by atoms with van der Waals surface area (Å²) < 4.78 is 13.2. The molecule has 1 heterocycles. The lowest BCUT2D eigenvalue weighted by Crippen LogP contribution is -2.10. The van der Waals surface area contributed by atoms with Gasteiger partial charge in [0.2, 0.25) is 0 Å². The minimum absolute atomic E-state index is 0.251. The number of anilines is 1. The number of hydrogen-bond donors (Lipinski definition) is 2. The lowest BCUT2D eigenvalue weighted by molar-refractivity contribution is 0.624. The lowest BCUT2D eigenvalue weighted by Gasteiger charge is -2.06. The topological polar surface area (TPSA) is 63.8 Å². The molecule has 3 rings (SSSR count). The van der Waals surface area contributed by atoms with Gasteiger partial charge in [-0.2, -0.15) is 0 Å². The standard InChI is InChI=1S/C13H13FN4S/c14-9-2-1-3-10(6-9)19-12-7-11(18-15)16-13(17-12)8-4-5-8/h1-3,6-8H,4-5,15H2,(H,16,17,18). The molecule has 0 radical (unpaired) electrons. The maximum atomic E-state index is 13.2. The minimum atomic E-state index is -0.251. The Hall–Kier alpha value is -1.66. The normalized spacial score (nSPS) is 14.4. The molecule has 6 heteroatoms. The molecule has 1 saturated carbocycles. The van der Waals surface area contributed by atoms with Gasteiger partial charge in [0.05, 0.1) is 0 Å². The molecule has 0 spiro atoms. The molecule has 0 saturated heterocycles. The van der Waals surface area contributed by atoms with E-state index in [2.05, 4.69) is 15.4 Å². The van der Waals surface area contributed by atoms with Crippen LogP contribution in [-0.4, -0.2) is 9.97 Å². The smallest absolute Gasteiger partial charge is 0.144 e. The van der Waals surface area contributed by atoms with Crippen LogP contribution in [-0.2, 0) is 0 Å². The van der Waals surface area contributed by atoms with Gasteiger partial charge in [-0.1, -0.05) is 17.8 Å². The predicted molar refractivity (Wildman–Crippen MR) is 72.3 cm³/mol. The molecular formula is C13H13FN4S. The Morgan fingerprint density at radius 3 is 2.79 bits per heavy atom. The van der Waals surface area contributed by atoms with Crippen molar-refractivity contribution < 1.29 is 4.39 Å². The molecule has 2 aromatic rings. The maximum Gasteiger partial charge on any atom is 0.144 e. The molecule has 0 amide bonds. The number of nitrogen functional groups attached to an aromatic ring is 1. The van der Waals surface area contributed by atoms with E-state index in [-0.39, 0.29) is 5.82 Å². The zero-order chi connectivity index (χ0) is 13.2. The maximum absolute atomic E-state index is 13.2. The molecular weight excluding hydrogens is 263 g/mol. The van der Waals surface area contributed by atoms with E-state index in [1.165, 1.54) is 23.9 Å². The second-order valence-corrected chi connectivity index (χ2v) is 5.52. The molecule has 1 aromatic heterocycles. The van der Waals surface area contributed by atoms with Crippen LogP contribution >= 0.6 is 11.8 Å². The van der Waals surface area contributed by atoms with Crippen LogP contribution in [0.2, 0.25) is 0 Å². The van der Waals surface area contributed by atoms with Gasteiger partial charge in [-0.15, -0.1) is 0 Å². The third kappa shape index (κ3) is 3.02. The zero-order valence-electron chi connectivity index (χ0n) is 10.1. The number of hydrogen-bond acceptors (Lipinski definition) is 5. The van der Waals surface area contributed by atoms with Gasteiger partial charge in [0.15, 0.2) is 0 Å². The Bertz CT molecular complexity index is 601. The van der Waals surface area contributed by atoms with E-state index in [0.29, 0.717) is 11.7 Å². The Labute approximate surface area is 114 Å². The first-order chi connectivity index (χ1) is 9.24. The summed E-state index contributed by atoms with van der Waals surface area (Å²) in [7, 11) is 0. The third-order valence-corrected chi connectivity index (χ3v) is 3.74. The van der Waals surface area contributed by atoms with Crippen molar-refractivity contribution in [2.24, 2.45) is 5.84 Å². The SMILES string of the molecule is NNc1cc(Sc2cccc(F)c2)nc(C2CC2)n1. The van der Waals surface area contributed by atoms with Gasteiger partial charge in [0.1, 0.15) is 22.5 Å². The largest absolute Gasteiger partial charge is 0.308 e. The van der Waals surface area contributed by atoms with Gasteiger partial charge in [0, 0.05) is 16.9 Å². The van der Waals surface area contributed by atoms with E-state index >= 15 is 0 Å². The highest BCUT2D eigenvalue weighted by atomic mass is 32.2. The molecule has 1 aromatic carbocycles. The van der Waals surface area contributed by atoms with E-state index in [1.54, 1.807) is 12.1 Å². The average Bonchev–Trinajstić information content (AvgIpc) is 3.22. The van der Waals surface area contributed by atoms with E-state index in [0.717, 1.165) is 28.6 Å². The fourth-order valence-electron chi connectivity index (χ4n) is 1.74. The predicted octanol–water partition coefficient (Wildman–Crippen LogP) is 2.93. The Morgan fingerprint density at radius 1 is 1.26 bits per heavy atom. The molecule has 19 heavy (non-hydrogen) atoms. The number of benzene rings is 1. The van der Waals surface area contributed by atoms with Crippen LogP contribution in [0.1, 0.15) is 24.6 Å². The summed E-state index contributed by atoms with van der Waals surface area (Å²) in [4.78, 5) is 9.65. The zero-order valence-corrected chi connectivity index (χ0v) is 11.0. The number of nitrogens with two attached hydrogens (primary N) is 1. The molecule has 1 aliphatic rings. The third-order valence-electron chi connectivity index (χ3n) is 2.83. The lowest BCUT2D eigenvalue weighted by atomic mass is 10.3. The summed E-state index contributed by atoms with van der Waals surface area (Å²) in [5.41, 5.74) is 2.55. The van der Waals surface area contributed by atoms with Crippen LogP contribution < -0.4 is 11.3 Å². The molecule has 0 bridgehead atoms. The highest BCUT2D eigenvalue weighted by Crippen LogP contribution is 2.39. The fraction of sp³-hybridized carbons (Fsp3) is 0.231. The highest BCUT2D eigenvalue weighted by molar-refractivity contribution is 7.99. The Kier molecular flexibility index (Phi) is 3.35. The van der Waals surface area contributed by atoms with E-state index in [4.69, 9.17) is 5.84 Å². The van der Waals surface area contributed by atoms with Crippen molar-refractivity contribution in [2.45, 2.75) is 28.7 Å². The summed E-state index contributed by atoms with van der Waals surface area (Å²) in [6, 6.07) is 8.21.